The van der Waals surface area contributed by atoms with Gasteiger partial charge in [-0.25, -0.2) is 9.78 Å². The van der Waals surface area contributed by atoms with Crippen molar-refractivity contribution in [2.45, 2.75) is 58.9 Å². The molecule has 8 nitrogen and oxygen atoms in total. The highest BCUT2D eigenvalue weighted by atomic mass is 16.5. The predicted octanol–water partition coefficient (Wildman–Crippen LogP) is 4.42. The number of urea groups is 1. The molecule has 0 aliphatic carbocycles. The molecular formula is C27H42N6O2. The summed E-state index contributed by atoms with van der Waals surface area (Å²) in [5, 5.41) is 5.89. The van der Waals surface area contributed by atoms with E-state index in [1.54, 1.807) is 0 Å². The van der Waals surface area contributed by atoms with E-state index in [0.717, 1.165) is 76.5 Å². The lowest BCUT2D eigenvalue weighted by Crippen LogP contribution is -2.39. The van der Waals surface area contributed by atoms with Gasteiger partial charge in [0.05, 0.1) is 18.9 Å². The number of rotatable bonds is 12. The van der Waals surface area contributed by atoms with E-state index in [1.165, 1.54) is 0 Å². The zero-order valence-corrected chi connectivity index (χ0v) is 21.8. The van der Waals surface area contributed by atoms with Gasteiger partial charge in [0.1, 0.15) is 5.82 Å². The fraction of sp³-hybridized carbons (Fsp3) is 0.593. The Hall–Kier alpha value is -2.71. The second-order valence-electron chi connectivity index (χ2n) is 9.81. The van der Waals surface area contributed by atoms with Gasteiger partial charge < -0.3 is 15.0 Å². The first-order valence-corrected chi connectivity index (χ1v) is 12.9. The topological polar surface area (TPSA) is 82.6 Å². The number of hydrogen-bond acceptors (Lipinski definition) is 6. The number of benzene rings is 1. The van der Waals surface area contributed by atoms with Crippen molar-refractivity contribution in [3.8, 4) is 0 Å². The summed E-state index contributed by atoms with van der Waals surface area (Å²) < 4.78 is 5.49. The molecule has 35 heavy (non-hydrogen) atoms. The van der Waals surface area contributed by atoms with Crippen LogP contribution in [-0.2, 0) is 16.7 Å². The molecule has 2 heterocycles. The molecule has 8 heteroatoms. The highest BCUT2D eigenvalue weighted by molar-refractivity contribution is 5.88. The largest absolute Gasteiger partial charge is 0.379 e. The van der Waals surface area contributed by atoms with Crippen LogP contribution in [0.5, 0.6) is 0 Å². The third-order valence-corrected chi connectivity index (χ3v) is 6.37. The molecule has 1 fully saturated rings. The summed E-state index contributed by atoms with van der Waals surface area (Å²) in [5.41, 5.74) is 1.83. The van der Waals surface area contributed by atoms with Crippen LogP contribution in [0.4, 0.5) is 16.6 Å². The average molecular weight is 483 g/mol. The normalized spacial score (nSPS) is 14.5. The maximum Gasteiger partial charge on any atom is 0.320 e. The maximum atomic E-state index is 12.7. The van der Waals surface area contributed by atoms with E-state index in [4.69, 9.17) is 14.7 Å². The van der Waals surface area contributed by atoms with E-state index < -0.39 is 0 Å². The van der Waals surface area contributed by atoms with E-state index in [-0.39, 0.29) is 11.4 Å². The van der Waals surface area contributed by atoms with Crippen LogP contribution in [0.3, 0.4) is 0 Å². The molecule has 1 saturated heterocycles. The van der Waals surface area contributed by atoms with Crippen molar-refractivity contribution in [2.24, 2.45) is 0 Å². The minimum Gasteiger partial charge on any atom is -0.379 e. The Kier molecular flexibility index (Phi) is 10.3. The maximum absolute atomic E-state index is 12.7. The molecule has 0 radical (unpaired) electrons. The molecular weight excluding hydrogens is 440 g/mol. The Balaban J connectivity index is 1.78. The van der Waals surface area contributed by atoms with Crippen molar-refractivity contribution < 1.29 is 9.53 Å². The number of aromatic nitrogens is 2. The van der Waals surface area contributed by atoms with Crippen LogP contribution in [0.15, 0.2) is 36.4 Å². The number of nitrogens with one attached hydrogen (secondary N) is 2. The van der Waals surface area contributed by atoms with Gasteiger partial charge in [0.2, 0.25) is 5.95 Å². The summed E-state index contributed by atoms with van der Waals surface area (Å²) in [6, 6.07) is 11.5. The minimum atomic E-state index is -0.270. The Morgan fingerprint density at radius 3 is 2.43 bits per heavy atom. The molecule has 192 valence electrons. The molecule has 3 rings (SSSR count). The fourth-order valence-corrected chi connectivity index (χ4v) is 4.17. The van der Waals surface area contributed by atoms with Crippen LogP contribution in [-0.4, -0.2) is 66.8 Å². The zero-order chi connectivity index (χ0) is 25.1. The molecule has 0 atom stereocenters. The van der Waals surface area contributed by atoms with Crippen LogP contribution in [0.25, 0.3) is 0 Å². The summed E-state index contributed by atoms with van der Waals surface area (Å²) in [4.78, 5) is 27.1. The standard InChI is InChI=1S/C27H42N6O2/c1-5-13-33(14-6-2)25-29-23(27(3,4)12-15-32-16-18-35-19-17-32)20-24(30-25)31-26(34)28-21-22-10-8-7-9-11-22/h7-11,20H,5-6,12-19,21H2,1-4H3,(H2,28,29,30,31,34). The average Bonchev–Trinajstić information content (AvgIpc) is 2.87. The monoisotopic (exact) mass is 482 g/mol. The number of anilines is 2. The van der Waals surface area contributed by atoms with Crippen molar-refractivity contribution in [2.75, 3.05) is 56.2 Å². The number of nitrogens with zero attached hydrogens (tertiary/aromatic N) is 4. The quantitative estimate of drug-likeness (QED) is 0.466. The number of amides is 2. The van der Waals surface area contributed by atoms with Crippen LogP contribution < -0.4 is 15.5 Å². The Bertz CT molecular complexity index is 909. The number of morpholine rings is 1. The van der Waals surface area contributed by atoms with Gasteiger partial charge in [0, 0.05) is 44.2 Å². The van der Waals surface area contributed by atoms with Gasteiger partial charge >= 0.3 is 6.03 Å². The number of hydrogen-bond donors (Lipinski definition) is 2. The molecule has 1 aromatic heterocycles. The highest BCUT2D eigenvalue weighted by Gasteiger charge is 2.26. The van der Waals surface area contributed by atoms with Crippen LogP contribution in [0.2, 0.25) is 0 Å². The molecule has 0 unspecified atom stereocenters. The number of carbonyl (C=O) groups excluding carboxylic acids is 1. The molecule has 1 aliphatic rings. The molecule has 0 bridgehead atoms. The van der Waals surface area contributed by atoms with Crippen LogP contribution in [0.1, 0.15) is 58.2 Å². The Morgan fingerprint density at radius 1 is 1.09 bits per heavy atom. The van der Waals surface area contributed by atoms with Crippen molar-refractivity contribution in [1.29, 1.82) is 0 Å². The lowest BCUT2D eigenvalue weighted by molar-refractivity contribution is 0.0350. The van der Waals surface area contributed by atoms with Gasteiger partial charge in [0.25, 0.3) is 0 Å². The van der Waals surface area contributed by atoms with Gasteiger partial charge in [-0.15, -0.1) is 0 Å². The van der Waals surface area contributed by atoms with Crippen molar-refractivity contribution in [1.82, 2.24) is 20.2 Å². The van der Waals surface area contributed by atoms with Gasteiger partial charge in [-0.3, -0.25) is 10.2 Å². The van der Waals surface area contributed by atoms with E-state index in [1.807, 2.05) is 36.4 Å². The van der Waals surface area contributed by atoms with Crippen molar-refractivity contribution in [3.63, 3.8) is 0 Å². The number of carbonyl (C=O) groups is 1. The third-order valence-electron chi connectivity index (χ3n) is 6.37. The Morgan fingerprint density at radius 2 is 1.77 bits per heavy atom. The van der Waals surface area contributed by atoms with Crippen LogP contribution >= 0.6 is 0 Å². The summed E-state index contributed by atoms with van der Waals surface area (Å²) in [7, 11) is 0. The smallest absolute Gasteiger partial charge is 0.320 e. The predicted molar refractivity (Wildman–Crippen MR) is 142 cm³/mol. The second kappa shape index (κ2) is 13.4. The summed E-state index contributed by atoms with van der Waals surface area (Å²) in [6.07, 6.45) is 2.98. The van der Waals surface area contributed by atoms with E-state index in [0.29, 0.717) is 18.3 Å². The summed E-state index contributed by atoms with van der Waals surface area (Å²) in [5.74, 6) is 1.22. The molecule has 2 amide bonds. The lowest BCUT2D eigenvalue weighted by atomic mass is 9.85. The Labute approximate surface area is 210 Å². The van der Waals surface area contributed by atoms with Crippen LogP contribution in [0, 0.1) is 0 Å². The van der Waals surface area contributed by atoms with Gasteiger partial charge in [-0.1, -0.05) is 58.0 Å². The van der Waals surface area contributed by atoms with E-state index in [2.05, 4.69) is 48.1 Å². The lowest BCUT2D eigenvalue weighted by Gasteiger charge is -2.32. The first-order chi connectivity index (χ1) is 16.9. The molecule has 2 aromatic rings. The molecule has 1 aromatic carbocycles. The minimum absolute atomic E-state index is 0.170. The van der Waals surface area contributed by atoms with E-state index in [9.17, 15) is 4.79 Å². The molecule has 0 spiro atoms. The first-order valence-electron chi connectivity index (χ1n) is 12.9. The highest BCUT2D eigenvalue weighted by Crippen LogP contribution is 2.29. The first kappa shape index (κ1) is 26.9. The zero-order valence-electron chi connectivity index (χ0n) is 21.8. The molecule has 2 N–H and O–H groups in total. The van der Waals surface area contributed by atoms with Gasteiger partial charge in [-0.05, 0) is 31.4 Å². The second-order valence-corrected chi connectivity index (χ2v) is 9.81. The fourth-order valence-electron chi connectivity index (χ4n) is 4.17. The van der Waals surface area contributed by atoms with E-state index >= 15 is 0 Å². The summed E-state index contributed by atoms with van der Waals surface area (Å²) in [6.45, 7) is 15.5. The molecule has 0 saturated carbocycles. The van der Waals surface area contributed by atoms with Crippen molar-refractivity contribution >= 4 is 17.8 Å². The van der Waals surface area contributed by atoms with Gasteiger partial charge in [-0.2, -0.15) is 4.98 Å². The summed E-state index contributed by atoms with van der Waals surface area (Å²) >= 11 is 0. The third kappa shape index (κ3) is 8.47. The van der Waals surface area contributed by atoms with Gasteiger partial charge in [0.15, 0.2) is 0 Å². The SMILES string of the molecule is CCCN(CCC)c1nc(NC(=O)NCc2ccccc2)cc(C(C)(C)CCN2CCOCC2)n1. The molecule has 1 aliphatic heterocycles. The number of ether oxygens (including phenoxy) is 1. The van der Waals surface area contributed by atoms with Crippen molar-refractivity contribution in [3.05, 3.63) is 47.7 Å².